The molecule has 4 heteroatoms. The predicted octanol–water partition coefficient (Wildman–Crippen LogP) is 6.05. The molecule has 0 aromatic heterocycles. The lowest BCUT2D eigenvalue weighted by molar-refractivity contribution is 0.0799. The van der Waals surface area contributed by atoms with Crippen LogP contribution in [0, 0.1) is 11.8 Å². The second kappa shape index (κ2) is 7.41. The van der Waals surface area contributed by atoms with Gasteiger partial charge in [-0.05, 0) is 0 Å². The van der Waals surface area contributed by atoms with E-state index in [9.17, 15) is 9.59 Å². The van der Waals surface area contributed by atoms with Crippen molar-refractivity contribution in [3.8, 4) is 0 Å². The summed E-state index contributed by atoms with van der Waals surface area (Å²) < 4.78 is 0. The second-order valence-electron chi connectivity index (χ2n) is 9.74. The highest BCUT2D eigenvalue weighted by Crippen LogP contribution is 2.51. The molecule has 0 N–H and O–H groups in total. The van der Waals surface area contributed by atoms with Gasteiger partial charge in [0, 0.05) is 11.1 Å². The van der Waals surface area contributed by atoms with Gasteiger partial charge in [0.15, 0.2) is 11.6 Å². The van der Waals surface area contributed by atoms with E-state index in [4.69, 9.17) is 0 Å². The summed E-state index contributed by atoms with van der Waals surface area (Å²) in [5, 5.41) is 2.66. The van der Waals surface area contributed by atoms with Crippen LogP contribution in [0.2, 0.25) is 39.3 Å². The summed E-state index contributed by atoms with van der Waals surface area (Å²) in [6.45, 7) is 13.8. The first-order valence-electron chi connectivity index (χ1n) is 9.97. The summed E-state index contributed by atoms with van der Waals surface area (Å²) in [5.41, 5.74) is 1.42. The summed E-state index contributed by atoms with van der Waals surface area (Å²) in [5.74, 6) is -0.393. The Morgan fingerprint density at radius 1 is 0.571 bits per heavy atom. The summed E-state index contributed by atoms with van der Waals surface area (Å²) in [6, 6.07) is 19.0. The van der Waals surface area contributed by atoms with Crippen LogP contribution in [0.1, 0.15) is 20.7 Å². The van der Waals surface area contributed by atoms with Crippen LogP contribution >= 0.6 is 0 Å². The van der Waals surface area contributed by atoms with E-state index in [0.29, 0.717) is 11.1 Å². The zero-order chi connectivity index (χ0) is 20.7. The smallest absolute Gasteiger partial charge is 0.170 e. The Morgan fingerprint density at radius 3 is 1.11 bits per heavy atom. The van der Waals surface area contributed by atoms with Gasteiger partial charge in [0.25, 0.3) is 0 Å². The molecule has 2 atom stereocenters. The van der Waals surface area contributed by atoms with Gasteiger partial charge in [0.05, 0.1) is 28.0 Å². The van der Waals surface area contributed by atoms with Gasteiger partial charge >= 0.3 is 0 Å². The van der Waals surface area contributed by atoms with E-state index in [1.807, 2.05) is 60.7 Å². The van der Waals surface area contributed by atoms with Crippen LogP contribution in [0.5, 0.6) is 0 Å². The molecule has 1 aliphatic rings. The lowest BCUT2D eigenvalue weighted by Crippen LogP contribution is -2.55. The standard InChI is InChI=1S/C24H30O2Si2/c1-27(2,3)23-19(21(25)17-13-9-7-10-14-17)20(24(23)28(4,5)6)22(26)18-15-11-8-12-16-18/h7-16,19-20H,1-6H3. The maximum absolute atomic E-state index is 13.6. The number of Topliss-reactive ketones (excluding diaryl/α,β-unsaturated/α-hetero) is 2. The largest absolute Gasteiger partial charge is 0.293 e. The number of hydrogen-bond donors (Lipinski definition) is 0. The van der Waals surface area contributed by atoms with Crippen molar-refractivity contribution in [1.82, 2.24) is 0 Å². The van der Waals surface area contributed by atoms with Crippen molar-refractivity contribution in [2.45, 2.75) is 39.3 Å². The van der Waals surface area contributed by atoms with Crippen molar-refractivity contribution >= 4 is 27.7 Å². The molecule has 146 valence electrons. The van der Waals surface area contributed by atoms with E-state index >= 15 is 0 Å². The summed E-state index contributed by atoms with van der Waals surface area (Å²) >= 11 is 0. The molecule has 0 radical (unpaired) electrons. The Balaban J connectivity index is 2.17. The minimum Gasteiger partial charge on any atom is -0.293 e. The molecular formula is C24H30O2Si2. The van der Waals surface area contributed by atoms with Crippen molar-refractivity contribution in [2.75, 3.05) is 0 Å². The third kappa shape index (κ3) is 3.76. The normalized spacial score (nSPS) is 19.9. The zero-order valence-corrected chi connectivity index (χ0v) is 19.7. The van der Waals surface area contributed by atoms with Crippen LogP contribution in [-0.4, -0.2) is 27.7 Å². The van der Waals surface area contributed by atoms with Gasteiger partial charge in [-0.3, -0.25) is 9.59 Å². The Labute approximate surface area is 170 Å². The molecule has 2 aromatic carbocycles. The lowest BCUT2D eigenvalue weighted by Gasteiger charge is -2.50. The SMILES string of the molecule is C[Si](C)(C)C1=C([Si](C)(C)C)C(C(=O)c2ccccc2)C1C(=O)c1ccccc1. The maximum Gasteiger partial charge on any atom is 0.170 e. The van der Waals surface area contributed by atoms with Crippen molar-refractivity contribution in [3.05, 3.63) is 82.2 Å². The van der Waals surface area contributed by atoms with E-state index in [-0.39, 0.29) is 23.4 Å². The van der Waals surface area contributed by atoms with Gasteiger partial charge in [-0.15, -0.1) is 0 Å². The van der Waals surface area contributed by atoms with Crippen molar-refractivity contribution in [1.29, 1.82) is 0 Å². The highest BCUT2D eigenvalue weighted by molar-refractivity contribution is 6.90. The summed E-state index contributed by atoms with van der Waals surface area (Å²) in [7, 11) is -3.51. The molecule has 28 heavy (non-hydrogen) atoms. The van der Waals surface area contributed by atoms with E-state index < -0.39 is 16.1 Å². The first-order chi connectivity index (χ1) is 13.0. The third-order valence-electron chi connectivity index (χ3n) is 5.54. The Hall–Kier alpha value is -2.05. The van der Waals surface area contributed by atoms with E-state index in [0.717, 1.165) is 0 Å². The molecular weight excluding hydrogens is 376 g/mol. The Morgan fingerprint density at radius 2 is 0.857 bits per heavy atom. The predicted molar refractivity (Wildman–Crippen MR) is 122 cm³/mol. The average Bonchev–Trinajstić information content (AvgIpc) is 2.60. The number of ketones is 2. The quantitative estimate of drug-likeness (QED) is 0.432. The Kier molecular flexibility index (Phi) is 5.47. The summed E-state index contributed by atoms with van der Waals surface area (Å²) in [4.78, 5) is 27.1. The lowest BCUT2D eigenvalue weighted by atomic mass is 9.72. The van der Waals surface area contributed by atoms with E-state index in [2.05, 4.69) is 39.3 Å². The fourth-order valence-electron chi connectivity index (χ4n) is 4.44. The number of carbonyl (C=O) groups excluding carboxylic acids is 2. The highest BCUT2D eigenvalue weighted by atomic mass is 28.3. The molecule has 0 heterocycles. The molecule has 0 saturated carbocycles. The average molecular weight is 407 g/mol. The maximum atomic E-state index is 13.6. The molecule has 0 fully saturated rings. The second-order valence-corrected chi connectivity index (χ2v) is 19.8. The molecule has 2 aromatic rings. The molecule has 0 aliphatic heterocycles. The van der Waals surface area contributed by atoms with Crippen molar-refractivity contribution < 1.29 is 9.59 Å². The van der Waals surface area contributed by atoms with Gasteiger partial charge < -0.3 is 0 Å². The van der Waals surface area contributed by atoms with Gasteiger partial charge in [0.2, 0.25) is 0 Å². The van der Waals surface area contributed by atoms with Crippen molar-refractivity contribution in [3.63, 3.8) is 0 Å². The van der Waals surface area contributed by atoms with Crippen LogP contribution in [-0.2, 0) is 0 Å². The molecule has 2 unspecified atom stereocenters. The van der Waals surface area contributed by atoms with Crippen molar-refractivity contribution in [2.24, 2.45) is 11.8 Å². The van der Waals surface area contributed by atoms with Gasteiger partial charge in [-0.25, -0.2) is 0 Å². The molecule has 0 saturated heterocycles. The van der Waals surface area contributed by atoms with Crippen LogP contribution in [0.15, 0.2) is 71.1 Å². The summed E-state index contributed by atoms with van der Waals surface area (Å²) in [6.07, 6.45) is 0. The minimum absolute atomic E-state index is 0.106. The van der Waals surface area contributed by atoms with E-state index in [1.165, 1.54) is 10.4 Å². The van der Waals surface area contributed by atoms with Gasteiger partial charge in [-0.2, -0.15) is 0 Å². The van der Waals surface area contributed by atoms with Crippen LogP contribution in [0.25, 0.3) is 0 Å². The van der Waals surface area contributed by atoms with Crippen LogP contribution in [0.3, 0.4) is 0 Å². The first-order valence-corrected chi connectivity index (χ1v) is 17.0. The fraction of sp³-hybridized carbons (Fsp3) is 0.333. The first kappa shape index (κ1) is 20.7. The molecule has 0 spiro atoms. The zero-order valence-electron chi connectivity index (χ0n) is 17.7. The number of allylic oxidation sites excluding steroid dienone is 2. The monoisotopic (exact) mass is 406 g/mol. The third-order valence-corrected chi connectivity index (χ3v) is 10.2. The van der Waals surface area contributed by atoms with E-state index in [1.54, 1.807) is 0 Å². The Bertz CT molecular complexity index is 839. The number of carbonyl (C=O) groups is 2. The molecule has 1 aliphatic carbocycles. The fourth-order valence-corrected chi connectivity index (χ4v) is 11.1. The molecule has 0 amide bonds. The van der Waals surface area contributed by atoms with Crippen LogP contribution < -0.4 is 0 Å². The molecule has 2 nitrogen and oxygen atoms in total. The highest BCUT2D eigenvalue weighted by Gasteiger charge is 2.55. The number of rotatable bonds is 6. The topological polar surface area (TPSA) is 34.1 Å². The van der Waals surface area contributed by atoms with Gasteiger partial charge in [-0.1, -0.05) is 110 Å². The molecule has 0 bridgehead atoms. The minimum atomic E-state index is -1.75. The van der Waals surface area contributed by atoms with Crippen LogP contribution in [0.4, 0.5) is 0 Å². The number of benzene rings is 2. The molecule has 3 rings (SSSR count). The van der Waals surface area contributed by atoms with Gasteiger partial charge in [0.1, 0.15) is 0 Å². The number of hydrogen-bond acceptors (Lipinski definition) is 2.